The van der Waals surface area contributed by atoms with Gasteiger partial charge in [0.05, 0.1) is 19.8 Å². The van der Waals surface area contributed by atoms with Gasteiger partial charge < -0.3 is 24.4 Å². The Morgan fingerprint density at radius 2 is 1.83 bits per heavy atom. The molecule has 3 rings (SSSR count). The minimum absolute atomic E-state index is 0.00712. The molecule has 0 radical (unpaired) electrons. The Kier molecular flexibility index (Phi) is 6.74. The van der Waals surface area contributed by atoms with E-state index in [1.165, 1.54) is 12.1 Å². The second-order valence-electron chi connectivity index (χ2n) is 6.71. The van der Waals surface area contributed by atoms with Crippen molar-refractivity contribution in [3.63, 3.8) is 0 Å². The molecule has 1 N–H and O–H groups in total. The highest BCUT2D eigenvalue weighted by Gasteiger charge is 2.27. The Labute approximate surface area is 168 Å². The lowest BCUT2D eigenvalue weighted by Crippen LogP contribution is -2.45. The van der Waals surface area contributed by atoms with Crippen molar-refractivity contribution in [3.05, 3.63) is 48.0 Å². The van der Waals surface area contributed by atoms with Crippen LogP contribution >= 0.6 is 0 Å². The van der Waals surface area contributed by atoms with Gasteiger partial charge in [-0.2, -0.15) is 8.78 Å². The molecule has 6 nitrogen and oxygen atoms in total. The number of methoxy groups -OCH3 is 2. The second-order valence-corrected chi connectivity index (χ2v) is 6.71. The number of rotatable bonds is 7. The number of anilines is 1. The highest BCUT2D eigenvalue weighted by Crippen LogP contribution is 2.28. The van der Waals surface area contributed by atoms with E-state index >= 15 is 0 Å². The number of nitrogens with zero attached hydrogens (tertiary/aromatic N) is 1. The monoisotopic (exact) mass is 406 g/mol. The van der Waals surface area contributed by atoms with Gasteiger partial charge in [-0.25, -0.2) is 0 Å². The summed E-state index contributed by atoms with van der Waals surface area (Å²) < 4.78 is 40.4. The molecule has 29 heavy (non-hydrogen) atoms. The van der Waals surface area contributed by atoms with Crippen LogP contribution in [-0.2, 0) is 0 Å². The first kappa shape index (κ1) is 20.7. The van der Waals surface area contributed by atoms with Crippen LogP contribution in [0.5, 0.6) is 17.2 Å². The van der Waals surface area contributed by atoms with Crippen LogP contribution in [0, 0.1) is 0 Å². The van der Waals surface area contributed by atoms with Crippen molar-refractivity contribution in [1.82, 2.24) is 4.90 Å². The summed E-state index contributed by atoms with van der Waals surface area (Å²) in [4.78, 5) is 14.6. The standard InChI is InChI=1S/C21H24F2N2O4/c1-27-16-10-15(11-17(12-16)28-2)24-14-6-5-9-25(13-14)20(26)18-7-3-4-8-19(18)29-21(22)23/h3-4,7-8,10-12,14,21,24H,5-6,9,13H2,1-2H3. The number of hydrogen-bond acceptors (Lipinski definition) is 5. The first-order chi connectivity index (χ1) is 14.0. The normalized spacial score (nSPS) is 16.4. The summed E-state index contributed by atoms with van der Waals surface area (Å²) in [6.07, 6.45) is 1.67. The SMILES string of the molecule is COc1cc(NC2CCCN(C(=O)c3ccccc3OC(F)F)C2)cc(OC)c1. The van der Waals surface area contributed by atoms with E-state index in [1.807, 2.05) is 12.1 Å². The van der Waals surface area contributed by atoms with Crippen LogP contribution in [0.2, 0.25) is 0 Å². The molecule has 2 aromatic carbocycles. The van der Waals surface area contributed by atoms with Crippen LogP contribution < -0.4 is 19.5 Å². The smallest absolute Gasteiger partial charge is 0.387 e. The summed E-state index contributed by atoms with van der Waals surface area (Å²) in [5.74, 6) is 0.887. The number of halogens is 2. The van der Waals surface area contributed by atoms with Crippen LogP contribution in [-0.4, -0.2) is 50.8 Å². The van der Waals surface area contributed by atoms with Crippen molar-refractivity contribution < 1.29 is 27.8 Å². The lowest BCUT2D eigenvalue weighted by molar-refractivity contribution is -0.0503. The number of para-hydroxylation sites is 1. The highest BCUT2D eigenvalue weighted by molar-refractivity contribution is 5.97. The summed E-state index contributed by atoms with van der Waals surface area (Å²) in [5, 5.41) is 3.41. The number of nitrogens with one attached hydrogen (secondary N) is 1. The molecule has 0 saturated carbocycles. The average Bonchev–Trinajstić information content (AvgIpc) is 2.73. The molecule has 1 aliphatic heterocycles. The van der Waals surface area contributed by atoms with Gasteiger partial charge >= 0.3 is 6.61 Å². The predicted molar refractivity (Wildman–Crippen MR) is 105 cm³/mol. The fourth-order valence-corrected chi connectivity index (χ4v) is 3.42. The van der Waals surface area contributed by atoms with Crippen molar-refractivity contribution in [2.24, 2.45) is 0 Å². The maximum Gasteiger partial charge on any atom is 0.387 e. The number of alkyl halides is 2. The largest absolute Gasteiger partial charge is 0.497 e. The Balaban J connectivity index is 1.72. The van der Waals surface area contributed by atoms with Gasteiger partial charge in [0, 0.05) is 43.0 Å². The molecule has 1 saturated heterocycles. The molecule has 1 fully saturated rings. The Bertz CT molecular complexity index is 825. The lowest BCUT2D eigenvalue weighted by atomic mass is 10.0. The van der Waals surface area contributed by atoms with Gasteiger partial charge in [-0.15, -0.1) is 0 Å². The number of likely N-dealkylation sites (tertiary alicyclic amines) is 1. The van der Waals surface area contributed by atoms with Crippen LogP contribution in [0.3, 0.4) is 0 Å². The maximum absolute atomic E-state index is 12.9. The quantitative estimate of drug-likeness (QED) is 0.753. The summed E-state index contributed by atoms with van der Waals surface area (Å²) in [6, 6.07) is 11.6. The van der Waals surface area contributed by atoms with E-state index in [1.54, 1.807) is 37.3 Å². The number of hydrogen-bond donors (Lipinski definition) is 1. The maximum atomic E-state index is 12.9. The fourth-order valence-electron chi connectivity index (χ4n) is 3.42. The summed E-state index contributed by atoms with van der Waals surface area (Å²) >= 11 is 0. The van der Waals surface area contributed by atoms with E-state index in [0.717, 1.165) is 18.5 Å². The first-order valence-corrected chi connectivity index (χ1v) is 9.33. The highest BCUT2D eigenvalue weighted by atomic mass is 19.3. The zero-order chi connectivity index (χ0) is 20.8. The van der Waals surface area contributed by atoms with Gasteiger partial charge in [-0.05, 0) is 25.0 Å². The van der Waals surface area contributed by atoms with E-state index in [4.69, 9.17) is 9.47 Å². The van der Waals surface area contributed by atoms with E-state index in [2.05, 4.69) is 10.1 Å². The molecule has 1 unspecified atom stereocenters. The third kappa shape index (κ3) is 5.28. The Hall–Kier alpha value is -3.03. The average molecular weight is 406 g/mol. The number of carbonyl (C=O) groups excluding carboxylic acids is 1. The van der Waals surface area contributed by atoms with Gasteiger partial charge in [-0.1, -0.05) is 12.1 Å². The van der Waals surface area contributed by atoms with Crippen LogP contribution in [0.25, 0.3) is 0 Å². The van der Waals surface area contributed by atoms with Crippen LogP contribution in [0.4, 0.5) is 14.5 Å². The molecule has 0 spiro atoms. The molecule has 1 aliphatic rings. The number of amides is 1. The topological polar surface area (TPSA) is 60.0 Å². The van der Waals surface area contributed by atoms with E-state index in [9.17, 15) is 13.6 Å². The molecular formula is C21H24F2N2O4. The minimum Gasteiger partial charge on any atom is -0.497 e. The summed E-state index contributed by atoms with van der Waals surface area (Å²) in [5.41, 5.74) is 0.957. The minimum atomic E-state index is -2.98. The number of carbonyl (C=O) groups is 1. The second kappa shape index (κ2) is 9.45. The molecule has 0 aliphatic carbocycles. The summed E-state index contributed by atoms with van der Waals surface area (Å²) in [6.45, 7) is -1.98. The van der Waals surface area contributed by atoms with Crippen molar-refractivity contribution in [2.45, 2.75) is 25.5 Å². The molecule has 1 heterocycles. The van der Waals surface area contributed by atoms with Crippen molar-refractivity contribution in [1.29, 1.82) is 0 Å². The van der Waals surface area contributed by atoms with Gasteiger partial charge in [0.25, 0.3) is 5.91 Å². The zero-order valence-corrected chi connectivity index (χ0v) is 16.4. The molecule has 0 bridgehead atoms. The van der Waals surface area contributed by atoms with Gasteiger partial charge in [-0.3, -0.25) is 4.79 Å². The number of piperidine rings is 1. The van der Waals surface area contributed by atoms with Crippen molar-refractivity contribution in [2.75, 3.05) is 32.6 Å². The van der Waals surface area contributed by atoms with E-state index < -0.39 is 6.61 Å². The third-order valence-corrected chi connectivity index (χ3v) is 4.76. The first-order valence-electron chi connectivity index (χ1n) is 9.33. The summed E-state index contributed by atoms with van der Waals surface area (Å²) in [7, 11) is 3.16. The molecule has 1 amide bonds. The molecule has 1 atom stereocenters. The molecule has 2 aromatic rings. The fraction of sp³-hybridized carbons (Fsp3) is 0.381. The molecular weight excluding hydrogens is 382 g/mol. The number of ether oxygens (including phenoxy) is 3. The molecule has 156 valence electrons. The van der Waals surface area contributed by atoms with Crippen molar-refractivity contribution >= 4 is 11.6 Å². The van der Waals surface area contributed by atoms with Crippen LogP contribution in [0.15, 0.2) is 42.5 Å². The number of benzene rings is 2. The molecule has 0 aromatic heterocycles. The van der Waals surface area contributed by atoms with Gasteiger partial charge in [0.2, 0.25) is 0 Å². The van der Waals surface area contributed by atoms with Crippen LogP contribution in [0.1, 0.15) is 23.2 Å². The molecule has 8 heteroatoms. The lowest BCUT2D eigenvalue weighted by Gasteiger charge is -2.34. The predicted octanol–water partition coefficient (Wildman–Crippen LogP) is 4.02. The van der Waals surface area contributed by atoms with Gasteiger partial charge in [0.15, 0.2) is 0 Å². The third-order valence-electron chi connectivity index (χ3n) is 4.76. The van der Waals surface area contributed by atoms with E-state index in [0.29, 0.717) is 24.6 Å². The van der Waals surface area contributed by atoms with E-state index in [-0.39, 0.29) is 23.3 Å². The Morgan fingerprint density at radius 3 is 2.48 bits per heavy atom. The Morgan fingerprint density at radius 1 is 1.14 bits per heavy atom. The van der Waals surface area contributed by atoms with Crippen molar-refractivity contribution in [3.8, 4) is 17.2 Å². The van der Waals surface area contributed by atoms with Gasteiger partial charge in [0.1, 0.15) is 17.2 Å². The zero-order valence-electron chi connectivity index (χ0n) is 16.4.